The third-order valence-corrected chi connectivity index (χ3v) is 5.82. The van der Waals surface area contributed by atoms with Crippen LogP contribution in [0.1, 0.15) is 31.4 Å². The summed E-state index contributed by atoms with van der Waals surface area (Å²) in [6.45, 7) is 0. The average molecular weight is 429 g/mol. The van der Waals surface area contributed by atoms with Crippen molar-refractivity contribution in [3.63, 3.8) is 0 Å². The Hall–Kier alpha value is -3.88. The van der Waals surface area contributed by atoms with E-state index in [1.54, 1.807) is 6.20 Å². The van der Waals surface area contributed by atoms with Gasteiger partial charge < -0.3 is 15.2 Å². The third-order valence-electron chi connectivity index (χ3n) is 5.82. The molecule has 2 N–H and O–H groups in total. The van der Waals surface area contributed by atoms with E-state index in [4.69, 9.17) is 10.3 Å². The molecule has 4 aromatic rings. The number of nitrogens with two attached hydrogens (primary N) is 1. The number of nitrogen functional groups attached to an aromatic ring is 1. The van der Waals surface area contributed by atoms with Gasteiger partial charge in [0.15, 0.2) is 0 Å². The van der Waals surface area contributed by atoms with Crippen LogP contribution < -0.4 is 10.6 Å². The van der Waals surface area contributed by atoms with Gasteiger partial charge in [0.25, 0.3) is 5.89 Å². The van der Waals surface area contributed by atoms with Gasteiger partial charge in [-0.15, -0.1) is 0 Å². The van der Waals surface area contributed by atoms with E-state index in [1.807, 2.05) is 54.4 Å². The molecule has 1 aromatic carbocycles. The number of rotatable bonds is 7. The van der Waals surface area contributed by atoms with Crippen molar-refractivity contribution >= 4 is 17.6 Å². The van der Waals surface area contributed by atoms with Crippen molar-refractivity contribution in [1.82, 2.24) is 30.1 Å². The summed E-state index contributed by atoms with van der Waals surface area (Å²) in [7, 11) is 1.85. The van der Waals surface area contributed by atoms with E-state index in [1.165, 1.54) is 25.7 Å². The van der Waals surface area contributed by atoms with Crippen LogP contribution in [0.5, 0.6) is 0 Å². The maximum Gasteiger partial charge on any atom is 0.259 e. The number of aromatic nitrogens is 6. The van der Waals surface area contributed by atoms with E-state index in [0.29, 0.717) is 11.8 Å². The Kier molecular flexibility index (Phi) is 5.45. The van der Waals surface area contributed by atoms with Gasteiger partial charge in [0, 0.05) is 24.6 Å². The van der Waals surface area contributed by atoms with E-state index in [-0.39, 0.29) is 17.6 Å². The molecular weight excluding hydrogens is 404 g/mol. The monoisotopic (exact) mass is 428 g/mol. The van der Waals surface area contributed by atoms with Gasteiger partial charge in [0.2, 0.25) is 23.5 Å². The van der Waals surface area contributed by atoms with Crippen molar-refractivity contribution < 1.29 is 4.52 Å². The standard InChI is InChI=1S/C23H24N8O/c1-31(18-8-3-2-4-9-18)23-28-19(27-22(24)29-23)20-26-21(32-30-20)16-11-13-17(25-14-16)12-10-15-6-5-7-15/h2-4,8-9,11,13-15H,5-7,10,12H2,1H3,(H2,24,27,28,29). The lowest BCUT2D eigenvalue weighted by Crippen LogP contribution is -2.15. The van der Waals surface area contributed by atoms with Crippen LogP contribution in [0.15, 0.2) is 53.2 Å². The molecule has 3 aromatic heterocycles. The minimum atomic E-state index is 0.0802. The van der Waals surface area contributed by atoms with Crippen molar-refractivity contribution in [2.24, 2.45) is 5.92 Å². The molecule has 5 rings (SSSR count). The summed E-state index contributed by atoms with van der Waals surface area (Å²) >= 11 is 0. The van der Waals surface area contributed by atoms with E-state index in [0.717, 1.165) is 29.3 Å². The van der Waals surface area contributed by atoms with E-state index < -0.39 is 0 Å². The van der Waals surface area contributed by atoms with Gasteiger partial charge in [-0.2, -0.15) is 19.9 Å². The van der Waals surface area contributed by atoms with Crippen molar-refractivity contribution in [1.29, 1.82) is 0 Å². The minimum Gasteiger partial charge on any atom is -0.368 e. The highest BCUT2D eigenvalue weighted by molar-refractivity contribution is 5.60. The zero-order valence-electron chi connectivity index (χ0n) is 17.8. The summed E-state index contributed by atoms with van der Waals surface area (Å²) in [5, 5.41) is 4.04. The second-order valence-electron chi connectivity index (χ2n) is 8.01. The van der Waals surface area contributed by atoms with Crippen molar-refractivity contribution in [2.75, 3.05) is 17.7 Å². The first-order chi connectivity index (χ1) is 15.7. The molecule has 0 radical (unpaired) electrons. The Labute approximate surface area is 185 Å². The predicted octanol–water partition coefficient (Wildman–Crippen LogP) is 4.07. The summed E-state index contributed by atoms with van der Waals surface area (Å²) in [6.07, 6.45) is 8.05. The first-order valence-corrected chi connectivity index (χ1v) is 10.8. The van der Waals surface area contributed by atoms with Gasteiger partial charge in [0.05, 0.1) is 5.56 Å². The number of pyridine rings is 1. The molecule has 1 aliphatic carbocycles. The maximum absolute atomic E-state index is 5.93. The number of benzene rings is 1. The smallest absolute Gasteiger partial charge is 0.259 e. The predicted molar refractivity (Wildman–Crippen MR) is 121 cm³/mol. The second-order valence-corrected chi connectivity index (χ2v) is 8.01. The van der Waals surface area contributed by atoms with Crippen LogP contribution in [-0.4, -0.2) is 37.1 Å². The number of anilines is 3. The SMILES string of the molecule is CN(c1ccccc1)c1nc(N)nc(-c2noc(-c3ccc(CCC4CCC4)nc3)n2)n1. The van der Waals surface area contributed by atoms with E-state index in [9.17, 15) is 0 Å². The lowest BCUT2D eigenvalue weighted by atomic mass is 9.82. The summed E-state index contributed by atoms with van der Waals surface area (Å²) in [5.41, 5.74) is 8.68. The zero-order valence-corrected chi connectivity index (χ0v) is 17.8. The summed E-state index contributed by atoms with van der Waals surface area (Å²) in [4.78, 5) is 23.7. The molecule has 0 aliphatic heterocycles. The Morgan fingerprint density at radius 3 is 2.56 bits per heavy atom. The van der Waals surface area contributed by atoms with Crippen LogP contribution in [0, 0.1) is 5.92 Å². The molecule has 1 aliphatic rings. The van der Waals surface area contributed by atoms with Gasteiger partial charge >= 0.3 is 0 Å². The van der Waals surface area contributed by atoms with Crippen LogP contribution in [0.4, 0.5) is 17.6 Å². The highest BCUT2D eigenvalue weighted by Gasteiger charge is 2.19. The van der Waals surface area contributed by atoms with Crippen molar-refractivity contribution in [2.45, 2.75) is 32.1 Å². The van der Waals surface area contributed by atoms with E-state index in [2.05, 4.69) is 30.1 Å². The van der Waals surface area contributed by atoms with Crippen molar-refractivity contribution in [3.8, 4) is 23.1 Å². The Morgan fingerprint density at radius 2 is 1.84 bits per heavy atom. The molecule has 0 saturated heterocycles. The molecule has 0 unspecified atom stereocenters. The largest absolute Gasteiger partial charge is 0.368 e. The van der Waals surface area contributed by atoms with Crippen LogP contribution in [0.3, 0.4) is 0 Å². The molecular formula is C23H24N8O. The van der Waals surface area contributed by atoms with Gasteiger partial charge in [-0.1, -0.05) is 42.6 Å². The summed E-state index contributed by atoms with van der Waals surface area (Å²) < 4.78 is 5.44. The van der Waals surface area contributed by atoms with Gasteiger partial charge in [-0.05, 0) is 43.0 Å². The molecule has 1 saturated carbocycles. The Bertz CT molecular complexity index is 1190. The number of para-hydroxylation sites is 1. The third kappa shape index (κ3) is 4.27. The Morgan fingerprint density at radius 1 is 1.00 bits per heavy atom. The fourth-order valence-corrected chi connectivity index (χ4v) is 3.66. The summed E-state index contributed by atoms with van der Waals surface area (Å²) in [6, 6.07) is 13.7. The first-order valence-electron chi connectivity index (χ1n) is 10.8. The zero-order chi connectivity index (χ0) is 21.9. The van der Waals surface area contributed by atoms with Gasteiger partial charge in [-0.3, -0.25) is 4.98 Å². The molecule has 1 fully saturated rings. The van der Waals surface area contributed by atoms with Crippen LogP contribution in [0.25, 0.3) is 23.1 Å². The Balaban J connectivity index is 1.34. The minimum absolute atomic E-state index is 0.0802. The molecule has 162 valence electrons. The molecule has 9 heteroatoms. The first kappa shape index (κ1) is 20.0. The topological polar surface area (TPSA) is 120 Å². The molecule has 32 heavy (non-hydrogen) atoms. The lowest BCUT2D eigenvalue weighted by molar-refractivity contribution is 0.295. The molecule has 9 nitrogen and oxygen atoms in total. The second kappa shape index (κ2) is 8.70. The number of hydrogen-bond acceptors (Lipinski definition) is 9. The normalized spacial score (nSPS) is 13.7. The number of hydrogen-bond donors (Lipinski definition) is 1. The fraction of sp³-hybridized carbons (Fsp3) is 0.304. The maximum atomic E-state index is 5.93. The van der Waals surface area contributed by atoms with Crippen LogP contribution in [0.2, 0.25) is 0 Å². The van der Waals surface area contributed by atoms with Gasteiger partial charge in [0.1, 0.15) is 0 Å². The highest BCUT2D eigenvalue weighted by Crippen LogP contribution is 2.30. The molecule has 3 heterocycles. The molecule has 0 amide bonds. The van der Waals surface area contributed by atoms with Crippen molar-refractivity contribution in [3.05, 3.63) is 54.4 Å². The lowest BCUT2D eigenvalue weighted by Gasteiger charge is -2.24. The average Bonchev–Trinajstić information content (AvgIpc) is 3.29. The number of nitrogens with zero attached hydrogens (tertiary/aromatic N) is 7. The quantitative estimate of drug-likeness (QED) is 0.464. The summed E-state index contributed by atoms with van der Waals surface area (Å²) in [5.74, 6) is 2.18. The number of aryl methyl sites for hydroxylation is 1. The van der Waals surface area contributed by atoms with Gasteiger partial charge in [-0.25, -0.2) is 0 Å². The van der Waals surface area contributed by atoms with E-state index >= 15 is 0 Å². The molecule has 0 bridgehead atoms. The highest BCUT2D eigenvalue weighted by atomic mass is 16.5. The molecule has 0 atom stereocenters. The van der Waals surface area contributed by atoms with Crippen LogP contribution >= 0.6 is 0 Å². The van der Waals surface area contributed by atoms with Crippen LogP contribution in [-0.2, 0) is 6.42 Å². The molecule has 0 spiro atoms. The fourth-order valence-electron chi connectivity index (χ4n) is 3.66.